The van der Waals surface area contributed by atoms with Crippen molar-refractivity contribution in [2.75, 3.05) is 0 Å². The van der Waals surface area contributed by atoms with Gasteiger partial charge >= 0.3 is 5.97 Å². The van der Waals surface area contributed by atoms with E-state index in [-0.39, 0.29) is 35.1 Å². The number of ether oxygens (including phenoxy) is 1. The van der Waals surface area contributed by atoms with E-state index in [2.05, 4.69) is 6.92 Å². The Morgan fingerprint density at radius 1 is 1.26 bits per heavy atom. The summed E-state index contributed by atoms with van der Waals surface area (Å²) in [6.07, 6.45) is 12.0. The summed E-state index contributed by atoms with van der Waals surface area (Å²) in [7, 11) is 0. The van der Waals surface area contributed by atoms with Gasteiger partial charge in [-0.1, -0.05) is 25.5 Å². The van der Waals surface area contributed by atoms with Crippen molar-refractivity contribution in [3.63, 3.8) is 0 Å². The molecule has 0 amide bonds. The van der Waals surface area contributed by atoms with E-state index in [4.69, 9.17) is 4.74 Å². The van der Waals surface area contributed by atoms with Gasteiger partial charge in [-0.25, -0.2) is 0 Å². The van der Waals surface area contributed by atoms with Crippen molar-refractivity contribution in [2.45, 2.75) is 57.5 Å². The highest BCUT2D eigenvalue weighted by molar-refractivity contribution is 5.96. The van der Waals surface area contributed by atoms with Crippen molar-refractivity contribution in [1.82, 2.24) is 0 Å². The fourth-order valence-corrected chi connectivity index (χ4v) is 6.97. The molecule has 0 saturated heterocycles. The smallest absolute Gasteiger partial charge is 0.310 e. The molecule has 0 aromatic heterocycles. The van der Waals surface area contributed by atoms with Gasteiger partial charge in [-0.3, -0.25) is 9.59 Å². The van der Waals surface area contributed by atoms with Gasteiger partial charge in [0.2, 0.25) is 0 Å². The first-order valence-electron chi connectivity index (χ1n) is 9.58. The van der Waals surface area contributed by atoms with Gasteiger partial charge < -0.3 is 4.74 Å². The fourth-order valence-electron chi connectivity index (χ4n) is 6.97. The first-order valence-corrected chi connectivity index (χ1v) is 9.58. The molecule has 3 nitrogen and oxygen atoms in total. The summed E-state index contributed by atoms with van der Waals surface area (Å²) >= 11 is 0. The number of Topliss-reactive ketones (excluding diaryl/α,β-unsaturated/α-hetero) is 1. The van der Waals surface area contributed by atoms with Gasteiger partial charge in [0.25, 0.3) is 0 Å². The summed E-state index contributed by atoms with van der Waals surface area (Å²) in [5, 5.41) is 0. The number of fused-ring (bicyclic) bond motifs is 7. The Morgan fingerprint density at radius 3 is 2.78 bits per heavy atom. The van der Waals surface area contributed by atoms with Crippen LogP contribution in [0.5, 0.6) is 0 Å². The molecule has 0 aliphatic heterocycles. The zero-order chi connectivity index (χ0) is 15.8. The number of carbonyl (C=O) groups excluding carboxylic acids is 2. The number of carbonyl (C=O) groups is 2. The Morgan fingerprint density at radius 2 is 2.09 bits per heavy atom. The minimum Gasteiger partial charge on any atom is -0.459 e. The monoisotopic (exact) mass is 314 g/mol. The van der Waals surface area contributed by atoms with Gasteiger partial charge in [-0.15, -0.1) is 0 Å². The molecule has 5 aliphatic carbocycles. The van der Waals surface area contributed by atoms with E-state index in [0.29, 0.717) is 12.3 Å². The van der Waals surface area contributed by atoms with Crippen molar-refractivity contribution in [3.05, 3.63) is 12.2 Å². The molecule has 0 spiro atoms. The molecule has 4 fully saturated rings. The van der Waals surface area contributed by atoms with Gasteiger partial charge in [-0.05, 0) is 56.3 Å². The third-order valence-corrected chi connectivity index (χ3v) is 7.98. The maximum absolute atomic E-state index is 12.9. The van der Waals surface area contributed by atoms with E-state index in [1.165, 1.54) is 25.7 Å². The van der Waals surface area contributed by atoms with E-state index in [1.54, 1.807) is 0 Å². The molecule has 4 saturated carbocycles. The molecule has 8 atom stereocenters. The molecule has 124 valence electrons. The predicted octanol–water partition coefficient (Wildman–Crippen LogP) is 3.53. The summed E-state index contributed by atoms with van der Waals surface area (Å²) in [5.41, 5.74) is -0.220. The molecule has 5 aliphatic rings. The summed E-state index contributed by atoms with van der Waals surface area (Å²) in [6.45, 7) is 2.18. The van der Waals surface area contributed by atoms with Crippen molar-refractivity contribution in [1.29, 1.82) is 0 Å². The summed E-state index contributed by atoms with van der Waals surface area (Å²) < 4.78 is 6.25. The Bertz CT molecular complexity index is 594. The number of esters is 1. The zero-order valence-electron chi connectivity index (χ0n) is 13.9. The lowest BCUT2D eigenvalue weighted by Crippen LogP contribution is -2.46. The Kier molecular flexibility index (Phi) is 2.91. The third kappa shape index (κ3) is 1.77. The van der Waals surface area contributed by atoms with Crippen LogP contribution in [0, 0.1) is 41.4 Å². The van der Waals surface area contributed by atoms with Gasteiger partial charge in [0.05, 0.1) is 5.92 Å². The van der Waals surface area contributed by atoms with E-state index < -0.39 is 0 Å². The lowest BCUT2D eigenvalue weighted by Gasteiger charge is -2.42. The number of rotatable bonds is 3. The maximum atomic E-state index is 12.9. The molecule has 0 heterocycles. The van der Waals surface area contributed by atoms with E-state index >= 15 is 0 Å². The molecule has 4 bridgehead atoms. The Balaban J connectivity index is 1.36. The lowest BCUT2D eigenvalue weighted by molar-refractivity contribution is -0.176. The zero-order valence-corrected chi connectivity index (χ0v) is 13.9. The highest BCUT2D eigenvalue weighted by Crippen LogP contribution is 2.64. The highest BCUT2D eigenvalue weighted by atomic mass is 16.6. The van der Waals surface area contributed by atoms with Crippen LogP contribution >= 0.6 is 0 Å². The van der Waals surface area contributed by atoms with Gasteiger partial charge in [0.1, 0.15) is 11.4 Å². The van der Waals surface area contributed by atoms with Crippen LogP contribution in [0.4, 0.5) is 0 Å². The van der Waals surface area contributed by atoms with E-state index in [1.807, 2.05) is 12.2 Å². The number of hydrogen-bond donors (Lipinski definition) is 0. The second-order valence-corrected chi connectivity index (χ2v) is 8.67. The second-order valence-electron chi connectivity index (χ2n) is 8.67. The largest absolute Gasteiger partial charge is 0.459 e. The predicted molar refractivity (Wildman–Crippen MR) is 85.4 cm³/mol. The molecular weight excluding hydrogens is 288 g/mol. The minimum atomic E-state index is -0.220. The molecule has 0 radical (unpaired) electrons. The van der Waals surface area contributed by atoms with Crippen LogP contribution in [-0.2, 0) is 14.3 Å². The third-order valence-electron chi connectivity index (χ3n) is 7.98. The maximum Gasteiger partial charge on any atom is 0.310 e. The van der Waals surface area contributed by atoms with Crippen LogP contribution in [0.15, 0.2) is 12.2 Å². The number of allylic oxidation sites excluding steroid dienone is 2. The van der Waals surface area contributed by atoms with Crippen LogP contribution in [0.3, 0.4) is 0 Å². The molecule has 5 rings (SSSR count). The first kappa shape index (κ1) is 14.2. The Hall–Kier alpha value is -1.12. The average molecular weight is 314 g/mol. The molecule has 8 unspecified atom stereocenters. The quantitative estimate of drug-likeness (QED) is 0.591. The van der Waals surface area contributed by atoms with E-state index in [9.17, 15) is 9.59 Å². The van der Waals surface area contributed by atoms with Crippen LogP contribution in [-0.4, -0.2) is 17.4 Å². The number of hydrogen-bond acceptors (Lipinski definition) is 3. The van der Waals surface area contributed by atoms with Crippen LogP contribution in [0.1, 0.15) is 51.9 Å². The van der Waals surface area contributed by atoms with Crippen LogP contribution in [0.25, 0.3) is 0 Å². The van der Waals surface area contributed by atoms with Crippen molar-refractivity contribution < 1.29 is 14.3 Å². The minimum absolute atomic E-state index is 0.0191. The lowest BCUT2D eigenvalue weighted by atomic mass is 9.71. The molecule has 0 N–H and O–H groups in total. The molecule has 0 aromatic rings. The summed E-state index contributed by atoms with van der Waals surface area (Å²) in [6, 6.07) is 0. The summed E-state index contributed by atoms with van der Waals surface area (Å²) in [5.74, 6) is 2.79. The first-order chi connectivity index (χ1) is 11.1. The molecular formula is C20H26O3. The molecule has 3 heteroatoms. The van der Waals surface area contributed by atoms with Gasteiger partial charge in [0, 0.05) is 17.8 Å². The van der Waals surface area contributed by atoms with Crippen molar-refractivity contribution in [3.8, 4) is 0 Å². The van der Waals surface area contributed by atoms with Crippen molar-refractivity contribution >= 4 is 11.8 Å². The second kappa shape index (κ2) is 4.70. The summed E-state index contributed by atoms with van der Waals surface area (Å²) in [4.78, 5) is 24.9. The molecule has 23 heavy (non-hydrogen) atoms. The Labute approximate surface area is 137 Å². The SMILES string of the molecule is CCC1(OC(=O)C2CC3C=CC2C3=O)CC2CC1C1CCCC21. The van der Waals surface area contributed by atoms with Crippen LogP contribution in [0.2, 0.25) is 0 Å². The topological polar surface area (TPSA) is 43.4 Å². The van der Waals surface area contributed by atoms with E-state index in [0.717, 1.165) is 30.6 Å². The van der Waals surface area contributed by atoms with Crippen molar-refractivity contribution in [2.24, 2.45) is 41.4 Å². The fraction of sp³-hybridized carbons (Fsp3) is 0.800. The van der Waals surface area contributed by atoms with Gasteiger partial charge in [0.15, 0.2) is 0 Å². The average Bonchev–Trinajstić information content (AvgIpc) is 3.32. The van der Waals surface area contributed by atoms with Crippen LogP contribution < -0.4 is 0 Å². The normalized spacial score (nSPS) is 52.4. The number of ketones is 1. The standard InChI is InChI=1S/C20H26O3/c1-2-20(10-12-9-17(20)14-5-3-4-13(12)14)23-19(22)16-8-11-6-7-15(16)18(11)21/h6-7,11-17H,2-5,8-10H2,1H3. The van der Waals surface area contributed by atoms with Gasteiger partial charge in [-0.2, -0.15) is 0 Å². The molecule has 0 aromatic carbocycles. The highest BCUT2D eigenvalue weighted by Gasteiger charge is 2.62.